The van der Waals surface area contributed by atoms with Gasteiger partial charge < -0.3 is 45.9 Å². The minimum absolute atomic E-state index is 0.121. The second-order valence-electron chi connectivity index (χ2n) is 19.0. The lowest BCUT2D eigenvalue weighted by Crippen LogP contribution is -2.61. The second kappa shape index (κ2) is 19.9. The summed E-state index contributed by atoms with van der Waals surface area (Å²) in [5.74, 6) is -4.40. The number of ketones is 1. The van der Waals surface area contributed by atoms with E-state index in [2.05, 4.69) is 26.6 Å². The van der Waals surface area contributed by atoms with Gasteiger partial charge in [-0.1, -0.05) is 83.2 Å². The number of rotatable bonds is 17. The van der Waals surface area contributed by atoms with E-state index < -0.39 is 77.9 Å². The van der Waals surface area contributed by atoms with Crippen molar-refractivity contribution in [2.75, 3.05) is 40.9 Å². The molecule has 7 amide bonds. The Kier molecular flexibility index (Phi) is 15.4. The van der Waals surface area contributed by atoms with Crippen molar-refractivity contribution in [1.82, 2.24) is 36.4 Å². The largest absolute Gasteiger partial charge is 0.383 e. The summed E-state index contributed by atoms with van der Waals surface area (Å²) in [6.07, 6.45) is 6.25. The molecule has 16 heteroatoms. The maximum atomic E-state index is 14.8. The molecule has 1 aromatic rings. The van der Waals surface area contributed by atoms with Crippen molar-refractivity contribution in [3.63, 3.8) is 0 Å². The predicted molar refractivity (Wildman–Crippen MR) is 223 cm³/mol. The number of ether oxygens (including phenoxy) is 2. The second-order valence-corrected chi connectivity index (χ2v) is 19.0. The highest BCUT2D eigenvalue weighted by Gasteiger charge is 2.56. The molecular weight excluding hydrogens is 771 g/mol. The van der Waals surface area contributed by atoms with Crippen molar-refractivity contribution in [3.8, 4) is 0 Å². The first-order valence-corrected chi connectivity index (χ1v) is 21.5. The zero-order valence-corrected chi connectivity index (χ0v) is 36.6. The fourth-order valence-corrected chi connectivity index (χ4v) is 8.86. The molecule has 5 rings (SSSR count). The summed E-state index contributed by atoms with van der Waals surface area (Å²) < 4.78 is 11.8. The Labute approximate surface area is 354 Å². The van der Waals surface area contributed by atoms with E-state index in [-0.39, 0.29) is 54.7 Å². The quantitative estimate of drug-likeness (QED) is 0.146. The summed E-state index contributed by atoms with van der Waals surface area (Å²) in [5.41, 5.74) is -0.335. The first-order valence-electron chi connectivity index (χ1n) is 21.5. The van der Waals surface area contributed by atoms with Crippen molar-refractivity contribution in [1.29, 1.82) is 0 Å². The van der Waals surface area contributed by atoms with Crippen molar-refractivity contribution in [2.24, 2.45) is 23.2 Å². The summed E-state index contributed by atoms with van der Waals surface area (Å²) in [5, 5.41) is 13.9. The molecule has 2 aliphatic heterocycles. The number of likely N-dealkylation sites (N-methyl/N-ethyl adjacent to an activating group) is 1. The van der Waals surface area contributed by atoms with Gasteiger partial charge >= 0.3 is 6.03 Å². The summed E-state index contributed by atoms with van der Waals surface area (Å²) in [6.45, 7) is 9.69. The Morgan fingerprint density at radius 3 is 2.18 bits per heavy atom. The zero-order chi connectivity index (χ0) is 43.9. The van der Waals surface area contributed by atoms with Crippen LogP contribution in [0.4, 0.5) is 4.79 Å². The van der Waals surface area contributed by atoms with Crippen LogP contribution >= 0.6 is 0 Å². The number of carbonyl (C=O) groups excluding carboxylic acids is 7. The maximum absolute atomic E-state index is 14.8. The Morgan fingerprint density at radius 2 is 1.58 bits per heavy atom. The van der Waals surface area contributed by atoms with Crippen molar-refractivity contribution in [3.05, 3.63) is 35.9 Å². The fourth-order valence-electron chi connectivity index (χ4n) is 8.86. The molecule has 1 unspecified atom stereocenters. The number of hydrogen-bond acceptors (Lipinski definition) is 9. The van der Waals surface area contributed by atoms with Crippen LogP contribution in [0.3, 0.4) is 0 Å². The van der Waals surface area contributed by atoms with E-state index in [1.807, 2.05) is 34.6 Å². The highest BCUT2D eigenvalue weighted by atomic mass is 16.5. The third-order valence-electron chi connectivity index (χ3n) is 12.4. The molecule has 0 spiro atoms. The van der Waals surface area contributed by atoms with Crippen LogP contribution in [0, 0.1) is 23.2 Å². The van der Waals surface area contributed by atoms with Gasteiger partial charge in [0.2, 0.25) is 29.4 Å². The number of Topliss-reactive ketones (excluding diaryl/α,β-unsaturated/α-hetero) is 1. The van der Waals surface area contributed by atoms with Gasteiger partial charge in [0.05, 0.1) is 36.9 Å². The number of likely N-dealkylation sites (tertiary alicyclic amines) is 1. The van der Waals surface area contributed by atoms with E-state index in [1.54, 1.807) is 51.5 Å². The van der Waals surface area contributed by atoms with Gasteiger partial charge in [0.15, 0.2) is 0 Å². The minimum Gasteiger partial charge on any atom is -0.383 e. The topological polar surface area (TPSA) is 205 Å². The van der Waals surface area contributed by atoms with E-state index in [0.717, 1.165) is 44.9 Å². The summed E-state index contributed by atoms with van der Waals surface area (Å²) >= 11 is 0. The van der Waals surface area contributed by atoms with E-state index in [9.17, 15) is 33.6 Å². The summed E-state index contributed by atoms with van der Waals surface area (Å²) in [6, 6.07) is 3.69. The maximum Gasteiger partial charge on any atom is 0.315 e. The van der Waals surface area contributed by atoms with E-state index in [0.29, 0.717) is 12.0 Å². The Bertz CT molecular complexity index is 1720. The predicted octanol–water partition coefficient (Wildman–Crippen LogP) is 2.61. The number of carbonyl (C=O) groups is 7. The Morgan fingerprint density at radius 1 is 0.917 bits per heavy atom. The molecule has 2 aliphatic carbocycles. The van der Waals surface area contributed by atoms with Crippen molar-refractivity contribution >= 4 is 41.4 Å². The van der Waals surface area contributed by atoms with Gasteiger partial charge in [-0.05, 0) is 62.3 Å². The average Bonchev–Trinajstić information content (AvgIpc) is 3.88. The van der Waals surface area contributed by atoms with E-state index >= 15 is 0 Å². The number of amides is 7. The average molecular weight is 838 g/mol. The molecule has 2 saturated heterocycles. The monoisotopic (exact) mass is 838 g/mol. The van der Waals surface area contributed by atoms with Gasteiger partial charge in [-0.2, -0.15) is 0 Å². The Hall–Kier alpha value is -4.57. The first-order chi connectivity index (χ1) is 28.3. The molecule has 2 heterocycles. The number of benzene rings is 1. The number of nitrogens with zero attached hydrogens (tertiary/aromatic N) is 2. The third-order valence-corrected chi connectivity index (χ3v) is 12.4. The van der Waals surface area contributed by atoms with Gasteiger partial charge in [-0.25, -0.2) is 4.79 Å². The first kappa shape index (κ1) is 46.5. The Balaban J connectivity index is 1.32. The fraction of sp³-hybridized carbons (Fsp3) is 0.705. The SMILES string of the molecule is COC[C@@H](NC(=O)N[C@H](C(=O)N1C[C@@H]2OC(C)(C)C[C@@H]2[C@H]1C(=O)N[C@@H](CC1CC1)C(=O)C(=O)NCC(=O)NC(C(=O)N(C)C)c1ccccc1)C1CCCCC1)C(C)(C)C. The van der Waals surface area contributed by atoms with Crippen LogP contribution in [0.15, 0.2) is 30.3 Å². The normalized spacial score (nSPS) is 23.3. The van der Waals surface area contributed by atoms with Gasteiger partial charge in [0, 0.05) is 33.7 Å². The summed E-state index contributed by atoms with van der Waals surface area (Å²) in [7, 11) is 4.70. The zero-order valence-electron chi connectivity index (χ0n) is 36.6. The number of urea groups is 1. The van der Waals surface area contributed by atoms with Crippen molar-refractivity contribution < 1.29 is 43.0 Å². The highest BCUT2D eigenvalue weighted by molar-refractivity contribution is 6.38. The van der Waals surface area contributed by atoms with Gasteiger partial charge in [-0.15, -0.1) is 0 Å². The number of fused-ring (bicyclic) bond motifs is 1. The lowest BCUT2D eigenvalue weighted by molar-refractivity contribution is -0.145. The molecular formula is C44H67N7O9. The van der Waals surface area contributed by atoms with Crippen LogP contribution in [-0.2, 0) is 38.2 Å². The molecule has 0 aromatic heterocycles. The molecule has 16 nitrogen and oxygen atoms in total. The van der Waals surface area contributed by atoms with Crippen LogP contribution in [0.5, 0.6) is 0 Å². The van der Waals surface area contributed by atoms with Crippen LogP contribution in [0.25, 0.3) is 0 Å². The minimum atomic E-state index is -1.21. The van der Waals surface area contributed by atoms with Crippen LogP contribution in [0.1, 0.15) is 104 Å². The molecule has 332 valence electrons. The molecule has 2 saturated carbocycles. The van der Waals surface area contributed by atoms with Crippen LogP contribution in [-0.4, -0.2) is 128 Å². The number of hydrogen-bond donors (Lipinski definition) is 5. The third kappa shape index (κ3) is 12.0. The molecule has 0 radical (unpaired) electrons. The van der Waals surface area contributed by atoms with Gasteiger partial charge in [0.1, 0.15) is 18.1 Å². The number of methoxy groups -OCH3 is 1. The lowest BCUT2D eigenvalue weighted by atomic mass is 9.83. The molecule has 0 bridgehead atoms. The van der Waals surface area contributed by atoms with E-state index in [1.165, 1.54) is 9.80 Å². The lowest BCUT2D eigenvalue weighted by Gasteiger charge is -2.37. The molecule has 4 fully saturated rings. The van der Waals surface area contributed by atoms with E-state index in [4.69, 9.17) is 9.47 Å². The molecule has 1 aromatic carbocycles. The van der Waals surface area contributed by atoms with Crippen LogP contribution < -0.4 is 26.6 Å². The number of nitrogens with one attached hydrogen (secondary N) is 5. The van der Waals surface area contributed by atoms with Crippen molar-refractivity contribution in [2.45, 2.75) is 134 Å². The molecule has 5 N–H and O–H groups in total. The molecule has 4 aliphatic rings. The van der Waals surface area contributed by atoms with Crippen LogP contribution in [0.2, 0.25) is 0 Å². The highest BCUT2D eigenvalue weighted by Crippen LogP contribution is 2.44. The van der Waals surface area contributed by atoms with Gasteiger partial charge in [-0.3, -0.25) is 28.8 Å². The standard InChI is InChI=1S/C44H67N7O9/c1-43(2,3)32(25-59-8)47-42(58)49-35(28-17-13-10-14-18-28)41(57)51-24-31-29(22-44(4,5)60-31)36(51)38(54)46-30(21-26-19-20-26)37(53)39(55)45-23-33(52)48-34(40(56)50(6)7)27-15-11-9-12-16-27/h9,11-12,15-16,26,28-32,34-36H,10,13-14,17-25H2,1-8H3,(H,45,55)(H,46,54)(H,48,52)(H2,47,49,58)/t29-,30-,31-,32+,34?,35-,36-/m0/s1. The molecule has 60 heavy (non-hydrogen) atoms. The smallest absolute Gasteiger partial charge is 0.315 e. The van der Waals surface area contributed by atoms with Gasteiger partial charge in [0.25, 0.3) is 5.91 Å². The molecule has 7 atom stereocenters. The summed E-state index contributed by atoms with van der Waals surface area (Å²) in [4.78, 5) is 99.1.